The van der Waals surface area contributed by atoms with Gasteiger partial charge in [0.05, 0.1) is 13.2 Å². The number of nitrogens with zero attached hydrogens (tertiary/aromatic N) is 1. The molecule has 1 saturated heterocycles. The molecule has 122 valence electrons. The van der Waals surface area contributed by atoms with Crippen molar-refractivity contribution in [3.63, 3.8) is 0 Å². The van der Waals surface area contributed by atoms with Crippen LogP contribution in [0.5, 0.6) is 5.75 Å². The number of hydrogen-bond donors (Lipinski definition) is 2. The van der Waals surface area contributed by atoms with Crippen molar-refractivity contribution in [2.75, 3.05) is 33.3 Å². The van der Waals surface area contributed by atoms with Crippen molar-refractivity contribution in [1.29, 1.82) is 0 Å². The Morgan fingerprint density at radius 2 is 1.86 bits per heavy atom. The molecule has 1 atom stereocenters. The topological polar surface area (TPSA) is 44.7 Å². The van der Waals surface area contributed by atoms with E-state index in [9.17, 15) is 5.11 Å². The maximum atomic E-state index is 10.3. The number of ether oxygens (including phenoxy) is 1. The predicted octanol–water partition coefficient (Wildman–Crippen LogP) is 2.19. The van der Waals surface area contributed by atoms with Crippen LogP contribution in [0.25, 0.3) is 0 Å². The van der Waals surface area contributed by atoms with Crippen LogP contribution < -0.4 is 10.1 Å². The second kappa shape index (κ2) is 7.44. The molecule has 0 aromatic heterocycles. The van der Waals surface area contributed by atoms with Gasteiger partial charge in [-0.15, -0.1) is 0 Å². The van der Waals surface area contributed by atoms with Gasteiger partial charge in [0.1, 0.15) is 5.75 Å². The Morgan fingerprint density at radius 3 is 2.45 bits per heavy atom. The molecular formula is C18H28N2O2. The Labute approximate surface area is 133 Å². The van der Waals surface area contributed by atoms with Gasteiger partial charge in [-0.2, -0.15) is 0 Å². The minimum Gasteiger partial charge on any atom is -0.497 e. The number of methoxy groups -OCH3 is 1. The van der Waals surface area contributed by atoms with E-state index in [0.717, 1.165) is 17.2 Å². The smallest absolute Gasteiger partial charge is 0.118 e. The van der Waals surface area contributed by atoms with Gasteiger partial charge in [0.25, 0.3) is 0 Å². The third kappa shape index (κ3) is 4.45. The van der Waals surface area contributed by atoms with Crippen LogP contribution in [0, 0.1) is 5.92 Å². The maximum absolute atomic E-state index is 10.3. The van der Waals surface area contributed by atoms with Crippen LogP contribution in [0.4, 0.5) is 0 Å². The predicted molar refractivity (Wildman–Crippen MR) is 88.1 cm³/mol. The van der Waals surface area contributed by atoms with Crippen LogP contribution in [0.2, 0.25) is 0 Å². The number of aliphatic hydroxyl groups is 1. The van der Waals surface area contributed by atoms with Gasteiger partial charge in [-0.3, -0.25) is 0 Å². The van der Waals surface area contributed by atoms with E-state index < -0.39 is 6.10 Å². The Balaban J connectivity index is 1.38. The summed E-state index contributed by atoms with van der Waals surface area (Å²) in [5, 5.41) is 13.8. The molecule has 1 aliphatic carbocycles. The number of nitrogens with one attached hydrogen (secondary N) is 1. The summed E-state index contributed by atoms with van der Waals surface area (Å²) in [6.07, 6.45) is 4.82. The highest BCUT2D eigenvalue weighted by atomic mass is 16.5. The van der Waals surface area contributed by atoms with Crippen LogP contribution in [-0.4, -0.2) is 49.3 Å². The minimum atomic E-state index is -0.449. The molecule has 0 amide bonds. The summed E-state index contributed by atoms with van der Waals surface area (Å²) in [7, 11) is 1.66. The summed E-state index contributed by atoms with van der Waals surface area (Å²) in [4.78, 5) is 2.61. The first-order valence-electron chi connectivity index (χ1n) is 8.52. The van der Waals surface area contributed by atoms with Crippen LogP contribution in [0.1, 0.15) is 37.4 Å². The molecule has 0 spiro atoms. The van der Waals surface area contributed by atoms with Crippen molar-refractivity contribution in [3.8, 4) is 5.75 Å². The summed E-state index contributed by atoms with van der Waals surface area (Å²) in [5.41, 5.74) is 0.944. The highest BCUT2D eigenvalue weighted by Gasteiger charge is 2.27. The number of piperidine rings is 1. The molecule has 4 heteroatoms. The van der Waals surface area contributed by atoms with Gasteiger partial charge in [-0.1, -0.05) is 12.1 Å². The van der Waals surface area contributed by atoms with E-state index in [1.807, 2.05) is 24.3 Å². The van der Waals surface area contributed by atoms with E-state index in [1.54, 1.807) is 7.11 Å². The third-order valence-corrected chi connectivity index (χ3v) is 4.90. The number of aliphatic hydroxyl groups excluding tert-OH is 1. The van der Waals surface area contributed by atoms with Gasteiger partial charge >= 0.3 is 0 Å². The summed E-state index contributed by atoms with van der Waals surface area (Å²) >= 11 is 0. The number of benzene rings is 1. The van der Waals surface area contributed by atoms with Crippen molar-refractivity contribution in [2.24, 2.45) is 5.92 Å². The van der Waals surface area contributed by atoms with Crippen LogP contribution in [0.3, 0.4) is 0 Å². The summed E-state index contributed by atoms with van der Waals surface area (Å²) in [6, 6.07) is 8.21. The summed E-state index contributed by atoms with van der Waals surface area (Å²) in [6.45, 7) is 4.33. The average Bonchev–Trinajstić information content (AvgIpc) is 3.38. The van der Waals surface area contributed by atoms with Crippen LogP contribution in [-0.2, 0) is 0 Å². The van der Waals surface area contributed by atoms with Crippen molar-refractivity contribution >= 4 is 0 Å². The zero-order valence-corrected chi connectivity index (χ0v) is 13.5. The molecule has 1 unspecified atom stereocenters. The average molecular weight is 304 g/mol. The molecule has 1 saturated carbocycles. The lowest BCUT2D eigenvalue weighted by Gasteiger charge is -2.33. The zero-order valence-electron chi connectivity index (χ0n) is 13.5. The Hall–Kier alpha value is -1.10. The second-order valence-corrected chi connectivity index (χ2v) is 6.72. The molecule has 2 fully saturated rings. The van der Waals surface area contributed by atoms with Crippen molar-refractivity contribution < 1.29 is 9.84 Å². The summed E-state index contributed by atoms with van der Waals surface area (Å²) < 4.78 is 5.14. The normalized spacial score (nSPS) is 21.7. The molecule has 1 aliphatic heterocycles. The number of likely N-dealkylation sites (tertiary alicyclic amines) is 1. The first-order chi connectivity index (χ1) is 10.7. The largest absolute Gasteiger partial charge is 0.497 e. The zero-order chi connectivity index (χ0) is 15.4. The van der Waals surface area contributed by atoms with E-state index in [-0.39, 0.29) is 0 Å². The fourth-order valence-electron chi connectivity index (χ4n) is 3.21. The standard InChI is InChI=1S/C18H28N2O2/c1-22-17-6-4-15(5-7-17)18(21)12-19-16-8-10-20(11-9-16)13-14-2-3-14/h4-7,14,16,18-19,21H,2-3,8-13H2,1H3. The number of hydrogen-bond acceptors (Lipinski definition) is 4. The van der Waals surface area contributed by atoms with Crippen molar-refractivity contribution in [1.82, 2.24) is 10.2 Å². The molecule has 1 aromatic rings. The highest BCUT2D eigenvalue weighted by Crippen LogP contribution is 2.30. The van der Waals surface area contributed by atoms with E-state index in [1.165, 1.54) is 45.3 Å². The summed E-state index contributed by atoms with van der Waals surface area (Å²) in [5.74, 6) is 1.81. The van der Waals surface area contributed by atoms with Crippen LogP contribution in [0.15, 0.2) is 24.3 Å². The van der Waals surface area contributed by atoms with Gasteiger partial charge < -0.3 is 20.1 Å². The van der Waals surface area contributed by atoms with E-state index in [0.29, 0.717) is 12.6 Å². The molecule has 1 aromatic carbocycles. The van der Waals surface area contributed by atoms with Crippen LogP contribution >= 0.6 is 0 Å². The van der Waals surface area contributed by atoms with Crippen molar-refractivity contribution in [2.45, 2.75) is 37.8 Å². The Bertz CT molecular complexity index is 451. The van der Waals surface area contributed by atoms with E-state index in [4.69, 9.17) is 4.74 Å². The molecule has 1 heterocycles. The minimum absolute atomic E-state index is 0.449. The maximum Gasteiger partial charge on any atom is 0.118 e. The second-order valence-electron chi connectivity index (χ2n) is 6.72. The van der Waals surface area contributed by atoms with Gasteiger partial charge in [0, 0.05) is 19.1 Å². The fraction of sp³-hybridized carbons (Fsp3) is 0.667. The lowest BCUT2D eigenvalue weighted by molar-refractivity contribution is 0.149. The van der Waals surface area contributed by atoms with E-state index >= 15 is 0 Å². The Kier molecular flexibility index (Phi) is 5.34. The molecule has 0 radical (unpaired) electrons. The number of rotatable bonds is 7. The van der Waals surface area contributed by atoms with Gasteiger partial charge in [-0.05, 0) is 62.4 Å². The molecule has 2 N–H and O–H groups in total. The highest BCUT2D eigenvalue weighted by molar-refractivity contribution is 5.28. The third-order valence-electron chi connectivity index (χ3n) is 4.90. The molecule has 2 aliphatic rings. The lowest BCUT2D eigenvalue weighted by atomic mass is 10.0. The molecular weight excluding hydrogens is 276 g/mol. The Morgan fingerprint density at radius 1 is 1.18 bits per heavy atom. The molecule has 22 heavy (non-hydrogen) atoms. The van der Waals surface area contributed by atoms with Crippen molar-refractivity contribution in [3.05, 3.63) is 29.8 Å². The van der Waals surface area contributed by atoms with Gasteiger partial charge in [-0.25, -0.2) is 0 Å². The monoisotopic (exact) mass is 304 g/mol. The first kappa shape index (κ1) is 15.8. The first-order valence-corrected chi connectivity index (χ1v) is 8.52. The quantitative estimate of drug-likeness (QED) is 0.810. The SMILES string of the molecule is COc1ccc(C(O)CNC2CCN(CC3CC3)CC2)cc1. The molecule has 0 bridgehead atoms. The van der Waals surface area contributed by atoms with E-state index in [2.05, 4.69) is 10.2 Å². The fourth-order valence-corrected chi connectivity index (χ4v) is 3.21. The molecule has 4 nitrogen and oxygen atoms in total. The van der Waals surface area contributed by atoms with Gasteiger partial charge in [0.2, 0.25) is 0 Å². The lowest BCUT2D eigenvalue weighted by Crippen LogP contribution is -2.44. The molecule has 3 rings (SSSR count). The van der Waals surface area contributed by atoms with Gasteiger partial charge in [0.15, 0.2) is 0 Å².